The van der Waals surface area contributed by atoms with E-state index in [2.05, 4.69) is 19.2 Å². The Hall–Kier alpha value is -0.450. The molecule has 2 N–H and O–H groups in total. The molecular weight excluding hydrogens is 168 g/mol. The van der Waals surface area contributed by atoms with Gasteiger partial charge in [-0.3, -0.25) is 0 Å². The summed E-state index contributed by atoms with van der Waals surface area (Å²) in [6, 6.07) is -0.197. The number of carbonyl (C=O) groups is 1. The first-order chi connectivity index (χ1) is 5.96. The van der Waals surface area contributed by atoms with Crippen molar-refractivity contribution in [2.75, 3.05) is 13.6 Å². The Morgan fingerprint density at radius 2 is 2.23 bits per heavy atom. The van der Waals surface area contributed by atoms with Crippen LogP contribution >= 0.6 is 0 Å². The molecule has 1 aliphatic heterocycles. The lowest BCUT2D eigenvalue weighted by atomic mass is 10.0. The van der Waals surface area contributed by atoms with Crippen LogP contribution in [0.5, 0.6) is 0 Å². The maximum atomic E-state index is 11.5. The molecule has 0 aromatic rings. The van der Waals surface area contributed by atoms with Crippen LogP contribution in [-0.2, 0) is 4.79 Å². The fourth-order valence-electron chi connectivity index (χ4n) is 2.69. The standard InChI is InChI=1S/C9H16N2O2/c1-9(2)5-4-10-7(6(5)9)8(12)11(3)13/h5-7,10-11H,4H2,1-3H3/t5-,6-,7-/m0/s1. The molecule has 13 heavy (non-hydrogen) atoms. The molecule has 1 heterocycles. The molecule has 0 bridgehead atoms. The van der Waals surface area contributed by atoms with Crippen LogP contribution in [0.3, 0.4) is 0 Å². The molecule has 1 saturated heterocycles. The first kappa shape index (κ1) is 9.12. The van der Waals surface area contributed by atoms with Gasteiger partial charge in [0, 0.05) is 0 Å². The first-order valence-electron chi connectivity index (χ1n) is 4.74. The molecule has 1 amide bonds. The van der Waals surface area contributed by atoms with Crippen molar-refractivity contribution in [1.29, 1.82) is 0 Å². The number of hydrogen-bond acceptors (Lipinski definition) is 3. The minimum absolute atomic E-state index is 0.197. The van der Waals surface area contributed by atoms with Gasteiger partial charge >= 0.3 is 5.91 Å². The smallest absolute Gasteiger partial charge is 0.329 e. The predicted molar refractivity (Wildman–Crippen MR) is 47.8 cm³/mol. The molecule has 1 aliphatic carbocycles. The zero-order chi connectivity index (χ0) is 9.80. The van der Waals surface area contributed by atoms with E-state index >= 15 is 0 Å². The maximum absolute atomic E-state index is 11.5. The summed E-state index contributed by atoms with van der Waals surface area (Å²) in [6.07, 6.45) is 0. The third-order valence-corrected chi connectivity index (χ3v) is 3.69. The first-order valence-corrected chi connectivity index (χ1v) is 4.74. The van der Waals surface area contributed by atoms with E-state index < -0.39 is 0 Å². The highest BCUT2D eigenvalue weighted by Crippen LogP contribution is 2.62. The van der Waals surface area contributed by atoms with Crippen molar-refractivity contribution in [2.45, 2.75) is 19.9 Å². The van der Waals surface area contributed by atoms with E-state index in [-0.39, 0.29) is 22.4 Å². The maximum Gasteiger partial charge on any atom is 0.329 e. The number of amides is 1. The highest BCUT2D eigenvalue weighted by molar-refractivity contribution is 5.75. The lowest BCUT2D eigenvalue weighted by Crippen LogP contribution is -3.08. The zero-order valence-corrected chi connectivity index (χ0v) is 8.26. The Kier molecular flexibility index (Phi) is 1.77. The summed E-state index contributed by atoms with van der Waals surface area (Å²) >= 11 is 0. The number of rotatable bonds is 1. The van der Waals surface area contributed by atoms with Gasteiger partial charge in [-0.15, -0.1) is 0 Å². The highest BCUT2D eigenvalue weighted by atomic mass is 16.5. The Morgan fingerprint density at radius 1 is 1.62 bits per heavy atom. The Balaban J connectivity index is 2.08. The number of carbonyl (C=O) groups excluding carboxylic acids is 1. The summed E-state index contributed by atoms with van der Waals surface area (Å²) < 4.78 is 0. The minimum atomic E-state index is -0.319. The second-order valence-corrected chi connectivity index (χ2v) is 4.76. The van der Waals surface area contributed by atoms with Gasteiger partial charge in [0.2, 0.25) is 0 Å². The zero-order valence-electron chi connectivity index (χ0n) is 8.26. The molecule has 1 unspecified atom stereocenters. The molecule has 4 nitrogen and oxygen atoms in total. The molecule has 4 heteroatoms. The van der Waals surface area contributed by atoms with Crippen LogP contribution in [0.2, 0.25) is 0 Å². The molecule has 1 saturated carbocycles. The topological polar surface area (TPSA) is 56.6 Å². The van der Waals surface area contributed by atoms with E-state index in [9.17, 15) is 10.0 Å². The molecule has 0 radical (unpaired) electrons. The minimum Gasteiger partial charge on any atom is -0.627 e. The van der Waals surface area contributed by atoms with Gasteiger partial charge in [0.1, 0.15) is 6.04 Å². The number of hydroxylamine groups is 2. The fourth-order valence-corrected chi connectivity index (χ4v) is 2.69. The van der Waals surface area contributed by atoms with Crippen LogP contribution in [0.1, 0.15) is 13.8 Å². The molecule has 4 atom stereocenters. The van der Waals surface area contributed by atoms with Gasteiger partial charge in [-0.1, -0.05) is 13.8 Å². The molecule has 0 aromatic carbocycles. The summed E-state index contributed by atoms with van der Waals surface area (Å²) in [5, 5.41) is 13.7. The highest BCUT2D eigenvalue weighted by Gasteiger charge is 2.66. The van der Waals surface area contributed by atoms with E-state index in [4.69, 9.17) is 0 Å². The van der Waals surface area contributed by atoms with Crippen molar-refractivity contribution in [2.24, 2.45) is 17.3 Å². The van der Waals surface area contributed by atoms with Crippen LogP contribution in [0, 0.1) is 22.5 Å². The lowest BCUT2D eigenvalue weighted by Gasteiger charge is -2.21. The Morgan fingerprint density at radius 3 is 2.62 bits per heavy atom. The van der Waals surface area contributed by atoms with Gasteiger partial charge in [0.15, 0.2) is 0 Å². The average Bonchev–Trinajstić information content (AvgIpc) is 2.50. The predicted octanol–water partition coefficient (Wildman–Crippen LogP) is -1.23. The van der Waals surface area contributed by atoms with Crippen molar-refractivity contribution < 1.29 is 9.86 Å². The third kappa shape index (κ3) is 1.13. The van der Waals surface area contributed by atoms with E-state index in [1.54, 1.807) is 0 Å². The largest absolute Gasteiger partial charge is 0.627 e. The molecule has 2 aliphatic rings. The molecule has 2 rings (SSSR count). The molecule has 0 spiro atoms. The number of likely N-dealkylation sites (N-methyl/N-ethyl adjacent to an activating group) is 1. The normalized spacial score (nSPS) is 42.6. The quantitative estimate of drug-likeness (QED) is 0.502. The summed E-state index contributed by atoms with van der Waals surface area (Å²) in [5.41, 5.74) is 0.265. The van der Waals surface area contributed by atoms with Crippen molar-refractivity contribution in [3.8, 4) is 0 Å². The number of nitrogens with one attached hydrogen (secondary N) is 2. The summed E-state index contributed by atoms with van der Waals surface area (Å²) in [4.78, 5) is 11.5. The molecule has 0 aromatic heterocycles. The number of piperidine rings is 1. The van der Waals surface area contributed by atoms with Gasteiger partial charge in [-0.05, 0) is 23.8 Å². The molecule has 2 fully saturated rings. The molecular formula is C9H16N2O2. The Bertz CT molecular complexity index is 250. The van der Waals surface area contributed by atoms with Gasteiger partial charge < -0.3 is 15.6 Å². The summed E-state index contributed by atoms with van der Waals surface area (Å²) in [6.45, 7) is 5.23. The number of hydrogen-bond donors (Lipinski definition) is 2. The van der Waals surface area contributed by atoms with E-state index in [0.717, 1.165) is 6.54 Å². The van der Waals surface area contributed by atoms with Crippen molar-refractivity contribution in [3.05, 3.63) is 5.21 Å². The Labute approximate surface area is 77.9 Å². The van der Waals surface area contributed by atoms with Crippen LogP contribution < -0.4 is 10.4 Å². The van der Waals surface area contributed by atoms with Crippen LogP contribution in [0.15, 0.2) is 0 Å². The lowest BCUT2D eigenvalue weighted by molar-refractivity contribution is -0.741. The third-order valence-electron chi connectivity index (χ3n) is 3.69. The van der Waals surface area contributed by atoms with Crippen molar-refractivity contribution in [3.63, 3.8) is 0 Å². The monoisotopic (exact) mass is 184 g/mol. The van der Waals surface area contributed by atoms with Crippen molar-refractivity contribution in [1.82, 2.24) is 5.32 Å². The summed E-state index contributed by atoms with van der Waals surface area (Å²) in [7, 11) is 1.35. The average molecular weight is 184 g/mol. The van der Waals surface area contributed by atoms with Crippen LogP contribution in [-0.4, -0.2) is 25.5 Å². The van der Waals surface area contributed by atoms with E-state index in [1.807, 2.05) is 0 Å². The van der Waals surface area contributed by atoms with Crippen molar-refractivity contribution >= 4 is 5.91 Å². The van der Waals surface area contributed by atoms with E-state index in [1.165, 1.54) is 7.05 Å². The van der Waals surface area contributed by atoms with Crippen LogP contribution in [0.4, 0.5) is 0 Å². The number of fused-ring (bicyclic) bond motifs is 1. The second kappa shape index (κ2) is 2.53. The van der Waals surface area contributed by atoms with Gasteiger partial charge in [-0.2, -0.15) is 0 Å². The fraction of sp³-hybridized carbons (Fsp3) is 0.889. The number of quaternary nitrogens is 1. The van der Waals surface area contributed by atoms with Gasteiger partial charge in [0.25, 0.3) is 0 Å². The van der Waals surface area contributed by atoms with Crippen LogP contribution in [0.25, 0.3) is 0 Å². The van der Waals surface area contributed by atoms with E-state index in [0.29, 0.717) is 11.8 Å². The SMILES string of the molecule is C[NH+]([O-])C(=O)[C@H]1NC[C@H]2[C@@H]1C2(C)C. The van der Waals surface area contributed by atoms with Gasteiger partial charge in [-0.25, -0.2) is 4.79 Å². The summed E-state index contributed by atoms with van der Waals surface area (Å²) in [5.74, 6) is 0.753. The molecule has 74 valence electrons. The van der Waals surface area contributed by atoms with Gasteiger partial charge in [0.05, 0.1) is 7.05 Å². The second-order valence-electron chi connectivity index (χ2n) is 4.76.